The van der Waals surface area contributed by atoms with Crippen LogP contribution in [0.5, 0.6) is 0 Å². The maximum atomic E-state index is 14.4. The summed E-state index contributed by atoms with van der Waals surface area (Å²) in [4.78, 5) is 25.3. The van der Waals surface area contributed by atoms with Crippen LogP contribution in [0.25, 0.3) is 10.9 Å². The molecule has 1 aromatic carbocycles. The van der Waals surface area contributed by atoms with Gasteiger partial charge >= 0.3 is 6.09 Å². The molecular formula is C28H32F2N4O2. The van der Waals surface area contributed by atoms with Crippen LogP contribution >= 0.6 is 0 Å². The Morgan fingerprint density at radius 3 is 2.58 bits per heavy atom. The van der Waals surface area contributed by atoms with Gasteiger partial charge in [-0.3, -0.25) is 4.98 Å². The fourth-order valence-electron chi connectivity index (χ4n) is 5.32. The number of alkyl halides is 2. The van der Waals surface area contributed by atoms with E-state index in [-0.39, 0.29) is 17.6 Å². The van der Waals surface area contributed by atoms with Crippen LogP contribution < -0.4 is 4.90 Å². The fraction of sp³-hybridized carbons (Fsp3) is 0.464. The number of piperidine rings is 1. The molecule has 0 N–H and O–H groups in total. The number of aromatic nitrogens is 2. The van der Waals surface area contributed by atoms with E-state index < -0.39 is 12.0 Å². The molecule has 1 fully saturated rings. The maximum Gasteiger partial charge on any atom is 0.410 e. The van der Waals surface area contributed by atoms with E-state index in [1.165, 1.54) is 0 Å². The molecule has 2 aliphatic rings. The normalized spacial score (nSPS) is 16.9. The summed E-state index contributed by atoms with van der Waals surface area (Å²) in [6.45, 7) is 7.21. The first kappa shape index (κ1) is 24.4. The van der Waals surface area contributed by atoms with Gasteiger partial charge in [-0.15, -0.1) is 0 Å². The predicted octanol–water partition coefficient (Wildman–Crippen LogP) is 6.77. The van der Waals surface area contributed by atoms with Gasteiger partial charge in [0, 0.05) is 48.7 Å². The number of hydrogen-bond donors (Lipinski definition) is 0. The first-order chi connectivity index (χ1) is 17.2. The molecule has 0 saturated carbocycles. The Kier molecular flexibility index (Phi) is 6.53. The number of carbonyl (C=O) groups excluding carboxylic acids is 1. The van der Waals surface area contributed by atoms with E-state index in [2.05, 4.69) is 9.97 Å². The number of anilines is 2. The van der Waals surface area contributed by atoms with Gasteiger partial charge in [0.25, 0.3) is 6.43 Å². The number of amides is 1. The highest BCUT2D eigenvalue weighted by molar-refractivity contribution is 5.91. The van der Waals surface area contributed by atoms with Crippen LogP contribution in [0, 0.1) is 0 Å². The summed E-state index contributed by atoms with van der Waals surface area (Å²) in [5, 5.41) is 0.970. The molecule has 2 aliphatic heterocycles. The van der Waals surface area contributed by atoms with Crippen molar-refractivity contribution in [1.29, 1.82) is 0 Å². The molecule has 5 rings (SSSR count). The third-order valence-corrected chi connectivity index (χ3v) is 6.98. The van der Waals surface area contributed by atoms with Gasteiger partial charge < -0.3 is 14.5 Å². The van der Waals surface area contributed by atoms with E-state index in [9.17, 15) is 13.6 Å². The number of ether oxygens (including phenoxy) is 1. The number of carbonyl (C=O) groups is 1. The van der Waals surface area contributed by atoms with Gasteiger partial charge in [-0.05, 0) is 81.7 Å². The van der Waals surface area contributed by atoms with Crippen LogP contribution in [-0.2, 0) is 11.2 Å². The maximum absolute atomic E-state index is 14.4. The van der Waals surface area contributed by atoms with Gasteiger partial charge in [-0.1, -0.05) is 12.1 Å². The SMILES string of the molecule is CC(C)(C)OC(=O)N1CCC(c2cc3c(cc2C(F)F)N(c2nccc4cccnc24)CCC3)CC1. The first-order valence-corrected chi connectivity index (χ1v) is 12.6. The molecule has 0 aliphatic carbocycles. The zero-order valence-corrected chi connectivity index (χ0v) is 21.0. The largest absolute Gasteiger partial charge is 0.444 e. The second-order valence-electron chi connectivity index (χ2n) is 10.6. The molecule has 1 saturated heterocycles. The lowest BCUT2D eigenvalue weighted by molar-refractivity contribution is 0.0203. The van der Waals surface area contributed by atoms with Crippen LogP contribution in [0.3, 0.4) is 0 Å². The second-order valence-corrected chi connectivity index (χ2v) is 10.6. The first-order valence-electron chi connectivity index (χ1n) is 12.6. The molecule has 0 spiro atoms. The number of hydrogen-bond acceptors (Lipinski definition) is 5. The highest BCUT2D eigenvalue weighted by Gasteiger charge is 2.32. The fourth-order valence-corrected chi connectivity index (χ4v) is 5.32. The van der Waals surface area contributed by atoms with Crippen molar-refractivity contribution < 1.29 is 18.3 Å². The molecule has 2 aromatic heterocycles. The van der Waals surface area contributed by atoms with E-state index in [1.54, 1.807) is 23.4 Å². The molecule has 0 unspecified atom stereocenters. The zero-order chi connectivity index (χ0) is 25.4. The van der Waals surface area contributed by atoms with Gasteiger partial charge in [-0.25, -0.2) is 18.6 Å². The van der Waals surface area contributed by atoms with Gasteiger partial charge in [0.1, 0.15) is 11.1 Å². The van der Waals surface area contributed by atoms with Crippen LogP contribution in [0.1, 0.15) is 69.1 Å². The third-order valence-electron chi connectivity index (χ3n) is 6.98. The highest BCUT2D eigenvalue weighted by atomic mass is 19.3. The average Bonchev–Trinajstić information content (AvgIpc) is 2.86. The Morgan fingerprint density at radius 1 is 1.08 bits per heavy atom. The van der Waals surface area contributed by atoms with Crippen molar-refractivity contribution in [2.45, 2.75) is 64.4 Å². The van der Waals surface area contributed by atoms with Crippen molar-refractivity contribution in [1.82, 2.24) is 14.9 Å². The van der Waals surface area contributed by atoms with Gasteiger partial charge in [-0.2, -0.15) is 0 Å². The smallest absolute Gasteiger partial charge is 0.410 e. The number of nitrogens with zero attached hydrogens (tertiary/aromatic N) is 4. The van der Waals surface area contributed by atoms with E-state index in [0.717, 1.165) is 35.0 Å². The molecule has 8 heteroatoms. The van der Waals surface area contributed by atoms with Crippen LogP contribution in [0.15, 0.2) is 42.7 Å². The van der Waals surface area contributed by atoms with Crippen molar-refractivity contribution in [3.63, 3.8) is 0 Å². The molecule has 6 nitrogen and oxygen atoms in total. The Bertz CT molecular complexity index is 1260. The van der Waals surface area contributed by atoms with Gasteiger partial charge in [0.2, 0.25) is 0 Å². The molecule has 1 amide bonds. The molecule has 0 atom stereocenters. The summed E-state index contributed by atoms with van der Waals surface area (Å²) < 4.78 is 34.3. The zero-order valence-electron chi connectivity index (χ0n) is 21.0. The van der Waals surface area contributed by atoms with Crippen molar-refractivity contribution in [3.8, 4) is 0 Å². The third kappa shape index (κ3) is 4.86. The molecule has 190 valence electrons. The molecule has 0 bridgehead atoms. The summed E-state index contributed by atoms with van der Waals surface area (Å²) in [6, 6.07) is 9.42. The van der Waals surface area contributed by atoms with Gasteiger partial charge in [0.15, 0.2) is 5.82 Å². The summed E-state index contributed by atoms with van der Waals surface area (Å²) in [5.41, 5.74) is 2.84. The van der Waals surface area contributed by atoms with Crippen LogP contribution in [0.4, 0.5) is 25.1 Å². The Labute approximate surface area is 210 Å². The number of rotatable bonds is 3. The quantitative estimate of drug-likeness (QED) is 0.402. The number of fused-ring (bicyclic) bond motifs is 2. The van der Waals surface area contributed by atoms with E-state index in [1.807, 2.05) is 49.9 Å². The minimum atomic E-state index is -2.59. The predicted molar refractivity (Wildman–Crippen MR) is 136 cm³/mol. The van der Waals surface area contributed by atoms with Crippen molar-refractivity contribution in [2.75, 3.05) is 24.5 Å². The average molecular weight is 495 g/mol. The van der Waals surface area contributed by atoms with Crippen molar-refractivity contribution in [3.05, 3.63) is 59.4 Å². The topological polar surface area (TPSA) is 58.6 Å². The standard InChI is InChI=1S/C28H32F2N4O2/c1-28(2,3)36-27(35)33-14-9-18(10-15-33)21-16-20-7-5-13-34(23(20)17-22(21)25(29)30)26-24-19(8-12-32-26)6-4-11-31-24/h4,6,8,11-12,16-18,25H,5,7,9-10,13-15H2,1-3H3. The van der Waals surface area contributed by atoms with E-state index in [4.69, 9.17) is 4.74 Å². The number of aryl methyl sites for hydroxylation is 1. The molecular weight excluding hydrogens is 462 g/mol. The van der Waals surface area contributed by atoms with Crippen LogP contribution in [-0.4, -0.2) is 46.2 Å². The monoisotopic (exact) mass is 494 g/mol. The molecule has 3 aromatic rings. The van der Waals surface area contributed by atoms with Crippen LogP contribution in [0.2, 0.25) is 0 Å². The van der Waals surface area contributed by atoms with E-state index in [0.29, 0.717) is 43.9 Å². The Hall–Kier alpha value is -3.29. The highest BCUT2D eigenvalue weighted by Crippen LogP contribution is 2.42. The Balaban J connectivity index is 1.45. The molecule has 4 heterocycles. The molecule has 0 radical (unpaired) electrons. The number of likely N-dealkylation sites (tertiary alicyclic amines) is 1. The summed E-state index contributed by atoms with van der Waals surface area (Å²) in [5.74, 6) is 0.679. The lowest BCUT2D eigenvalue weighted by Crippen LogP contribution is -2.41. The van der Waals surface area contributed by atoms with Gasteiger partial charge in [0.05, 0.1) is 0 Å². The summed E-state index contributed by atoms with van der Waals surface area (Å²) >= 11 is 0. The number of benzene rings is 1. The summed E-state index contributed by atoms with van der Waals surface area (Å²) in [7, 11) is 0. The minimum absolute atomic E-state index is 0.0225. The Morgan fingerprint density at radius 2 is 1.86 bits per heavy atom. The lowest BCUT2D eigenvalue weighted by Gasteiger charge is -2.36. The second kappa shape index (κ2) is 9.64. The molecule has 36 heavy (non-hydrogen) atoms. The lowest BCUT2D eigenvalue weighted by atomic mass is 9.84. The number of halogens is 2. The summed E-state index contributed by atoms with van der Waals surface area (Å²) in [6.07, 6.45) is 3.56. The van der Waals surface area contributed by atoms with Crippen molar-refractivity contribution in [2.24, 2.45) is 0 Å². The van der Waals surface area contributed by atoms with E-state index >= 15 is 0 Å². The number of pyridine rings is 2. The minimum Gasteiger partial charge on any atom is -0.444 e. The van der Waals surface area contributed by atoms with Crippen molar-refractivity contribution >= 4 is 28.5 Å².